The van der Waals surface area contributed by atoms with Gasteiger partial charge in [0.05, 0.1) is 30.6 Å². The van der Waals surface area contributed by atoms with E-state index < -0.39 is 92.2 Å². The number of rotatable bonds is 6. The summed E-state index contributed by atoms with van der Waals surface area (Å²) >= 11 is 0. The smallest absolute Gasteiger partial charge is 0.255 e. The van der Waals surface area contributed by atoms with Gasteiger partial charge >= 0.3 is 0 Å². The van der Waals surface area contributed by atoms with Gasteiger partial charge < -0.3 is 14.4 Å². The first-order chi connectivity index (χ1) is 21.0. The number of carbonyl (C=O) groups is 3. The van der Waals surface area contributed by atoms with Crippen molar-refractivity contribution in [3.63, 3.8) is 0 Å². The van der Waals surface area contributed by atoms with E-state index in [2.05, 4.69) is 10.1 Å². The highest BCUT2D eigenvalue weighted by Gasteiger charge is 2.40. The summed E-state index contributed by atoms with van der Waals surface area (Å²) in [6.07, 6.45) is -0.296. The molecule has 8 nitrogen and oxygen atoms in total. The van der Waals surface area contributed by atoms with Crippen molar-refractivity contribution >= 4 is 17.7 Å². The highest BCUT2D eigenvalue weighted by atomic mass is 19.1. The third-order valence-electron chi connectivity index (χ3n) is 5.34. The Bertz CT molecular complexity index is 1610. The molecule has 1 N–H and O–H groups in total. The summed E-state index contributed by atoms with van der Waals surface area (Å²) in [7, 11) is 0. The Kier molecular flexibility index (Phi) is 3.48. The Morgan fingerprint density at radius 1 is 1.21 bits per heavy atom. The summed E-state index contributed by atoms with van der Waals surface area (Å²) in [6, 6.07) is 4.96. The summed E-state index contributed by atoms with van der Waals surface area (Å²) in [4.78, 5) is 38.2. The fraction of sp³-hybridized carbons (Fsp3) is 0.400. The lowest BCUT2D eigenvalue weighted by Gasteiger charge is -2.29. The molecule has 3 aliphatic rings. The van der Waals surface area contributed by atoms with Gasteiger partial charge in [0.25, 0.3) is 5.91 Å². The van der Waals surface area contributed by atoms with Crippen LogP contribution in [0.15, 0.2) is 36.4 Å². The molecule has 3 heterocycles. The van der Waals surface area contributed by atoms with Gasteiger partial charge in [-0.15, -0.1) is 0 Å². The van der Waals surface area contributed by atoms with Crippen LogP contribution < -0.4 is 10.1 Å². The summed E-state index contributed by atoms with van der Waals surface area (Å²) in [6.45, 7) is -19.7. The minimum atomic E-state index is -3.32. The van der Waals surface area contributed by atoms with Crippen LogP contribution in [0.5, 0.6) is 5.75 Å². The quantitative estimate of drug-likeness (QED) is 0.638. The van der Waals surface area contributed by atoms with Gasteiger partial charge in [0.1, 0.15) is 24.2 Å². The number of morpholine rings is 1. The van der Waals surface area contributed by atoms with Crippen LogP contribution in [0.2, 0.25) is 0 Å². The zero-order valence-electron chi connectivity index (χ0n) is 29.5. The van der Waals surface area contributed by atoms with Gasteiger partial charge in [0, 0.05) is 48.1 Å². The lowest BCUT2D eigenvalue weighted by Crippen LogP contribution is -2.52. The molecule has 178 valence electrons. The first kappa shape index (κ1) is 12.4. The molecule has 0 radical (unpaired) electrons. The highest BCUT2D eigenvalue weighted by Crippen LogP contribution is 2.34. The molecule has 0 spiro atoms. The molecule has 0 saturated carbocycles. The normalized spacial score (nSPS) is 34.0. The maximum atomic E-state index is 15.5. The average molecular weight is 480 g/mol. The number of halogens is 1. The lowest BCUT2D eigenvalue weighted by atomic mass is 10.0. The predicted molar refractivity (Wildman–Crippen MR) is 119 cm³/mol. The molecule has 3 amide bonds. The third kappa shape index (κ3) is 4.53. The third-order valence-corrected chi connectivity index (χ3v) is 5.34. The molecule has 2 saturated heterocycles. The van der Waals surface area contributed by atoms with Crippen molar-refractivity contribution in [2.24, 2.45) is 0 Å². The molecule has 0 unspecified atom stereocenters. The summed E-state index contributed by atoms with van der Waals surface area (Å²) in [5.41, 5.74) is -1.60. The van der Waals surface area contributed by atoms with Crippen molar-refractivity contribution in [3.05, 3.63) is 64.5 Å². The van der Waals surface area contributed by atoms with Crippen LogP contribution in [-0.2, 0) is 33.9 Å². The molecular weight excluding hydrogens is 441 g/mol. The second-order valence-corrected chi connectivity index (χ2v) is 7.57. The van der Waals surface area contributed by atoms with Crippen molar-refractivity contribution in [1.29, 1.82) is 0 Å². The zero-order valence-corrected chi connectivity index (χ0v) is 17.5. The Balaban J connectivity index is 1.44. The highest BCUT2D eigenvalue weighted by molar-refractivity contribution is 6.05. The van der Waals surface area contributed by atoms with Gasteiger partial charge in [-0.05, 0) is 30.2 Å². The Labute approximate surface area is 213 Å². The number of nitrogens with zero attached hydrogens (tertiary/aromatic N) is 2. The number of benzene rings is 2. The molecule has 2 fully saturated rings. The number of fused-ring (bicyclic) bond motifs is 1. The summed E-state index contributed by atoms with van der Waals surface area (Å²) in [5.74, 6) is -4.14. The number of carbonyl (C=O) groups excluding carboxylic acids is 3. The second-order valence-electron chi connectivity index (χ2n) is 7.57. The van der Waals surface area contributed by atoms with Crippen LogP contribution in [-0.4, -0.2) is 59.7 Å². The van der Waals surface area contributed by atoms with E-state index in [9.17, 15) is 14.4 Å². The van der Waals surface area contributed by atoms with Gasteiger partial charge in [-0.3, -0.25) is 24.6 Å². The molecule has 0 aromatic heterocycles. The molecule has 1 atom stereocenters. The van der Waals surface area contributed by atoms with Crippen LogP contribution in [0.1, 0.15) is 56.3 Å². The number of imide groups is 1. The van der Waals surface area contributed by atoms with Crippen molar-refractivity contribution in [3.8, 4) is 5.75 Å². The SMILES string of the molecule is [2H]C([2H])(Oc1cccc2c1C([2H])([2H])N([C@@H]1CCC(=O)NC1=O)C2=O)c1ccc(CN2C([2H])([2H])C([2H])([2H])OC([2H])([2H])C2([2H])[2H])cc1F. The first-order valence-corrected chi connectivity index (χ1v) is 10.2. The van der Waals surface area contributed by atoms with Crippen LogP contribution in [0, 0.1) is 5.82 Å². The van der Waals surface area contributed by atoms with Gasteiger partial charge in [-0.2, -0.15) is 0 Å². The van der Waals surface area contributed by atoms with E-state index in [1.807, 2.05) is 0 Å². The molecule has 5 rings (SSSR count). The molecule has 34 heavy (non-hydrogen) atoms. The molecule has 2 aromatic rings. The van der Waals surface area contributed by atoms with Crippen molar-refractivity contribution in [2.75, 3.05) is 26.1 Å². The maximum absolute atomic E-state index is 15.5. The molecule has 9 heteroatoms. The Morgan fingerprint density at radius 2 is 2.03 bits per heavy atom. The van der Waals surface area contributed by atoms with E-state index in [1.165, 1.54) is 12.1 Å². The standard InChI is InChI=1S/C25H26FN3O5/c26-20-12-16(13-28-8-10-33-11-9-28)4-5-17(20)15-34-22-3-1-2-18-19(22)14-29(25(18)32)21-6-7-23(30)27-24(21)31/h1-5,12,21H,6-11,13-15H2,(H,27,30,31)/t21-/m1/s1/i8D2,9D2,10D2,11D2,14D2,15D2. The van der Waals surface area contributed by atoms with Gasteiger partial charge in [0.2, 0.25) is 11.8 Å². The van der Waals surface area contributed by atoms with Crippen LogP contribution >= 0.6 is 0 Å². The number of amides is 3. The predicted octanol–water partition coefficient (Wildman–Crippen LogP) is 2.00. The van der Waals surface area contributed by atoms with E-state index in [1.54, 1.807) is 0 Å². The molecular formula is C25H26FN3O5. The van der Waals surface area contributed by atoms with Crippen LogP contribution in [0.25, 0.3) is 0 Å². The minimum Gasteiger partial charge on any atom is -0.488 e. The Hall–Kier alpha value is -3.30. The fourth-order valence-electron chi connectivity index (χ4n) is 3.68. The van der Waals surface area contributed by atoms with Crippen molar-refractivity contribution in [2.45, 2.75) is 38.5 Å². The monoisotopic (exact) mass is 479 g/mol. The van der Waals surface area contributed by atoms with Gasteiger partial charge in [-0.25, -0.2) is 4.39 Å². The molecule has 2 aromatic carbocycles. The number of hydrogen-bond donors (Lipinski definition) is 1. The topological polar surface area (TPSA) is 88.2 Å². The molecule has 0 aliphatic carbocycles. The van der Waals surface area contributed by atoms with E-state index in [-0.39, 0.29) is 28.9 Å². The number of nitrogens with one attached hydrogen (secondary N) is 1. The first-order valence-electron chi connectivity index (χ1n) is 16.2. The van der Waals surface area contributed by atoms with Crippen molar-refractivity contribution < 1.29 is 44.7 Å². The van der Waals surface area contributed by atoms with E-state index in [4.69, 9.17) is 21.2 Å². The van der Waals surface area contributed by atoms with Crippen molar-refractivity contribution in [1.82, 2.24) is 15.1 Å². The number of ether oxygens (including phenoxy) is 2. The average Bonchev–Trinajstić information content (AvgIpc) is 3.11. The lowest BCUT2D eigenvalue weighted by molar-refractivity contribution is -0.136. The molecule has 3 aliphatic heterocycles. The fourth-order valence-corrected chi connectivity index (χ4v) is 3.68. The van der Waals surface area contributed by atoms with Gasteiger partial charge in [-0.1, -0.05) is 18.2 Å². The molecule has 0 bridgehead atoms. The largest absolute Gasteiger partial charge is 0.488 e. The van der Waals surface area contributed by atoms with E-state index in [0.29, 0.717) is 11.0 Å². The maximum Gasteiger partial charge on any atom is 0.255 e. The summed E-state index contributed by atoms with van der Waals surface area (Å²) < 4.78 is 123. The number of piperidine rings is 1. The van der Waals surface area contributed by atoms with E-state index in [0.717, 1.165) is 18.2 Å². The van der Waals surface area contributed by atoms with Crippen LogP contribution in [0.4, 0.5) is 4.39 Å². The number of hydrogen-bond acceptors (Lipinski definition) is 6. The minimum absolute atomic E-state index is 0.144. The second kappa shape index (κ2) is 9.52. The van der Waals surface area contributed by atoms with Gasteiger partial charge in [0.15, 0.2) is 0 Å². The summed E-state index contributed by atoms with van der Waals surface area (Å²) in [5, 5.41) is 2.06. The zero-order chi connectivity index (χ0) is 34.4. The Morgan fingerprint density at radius 3 is 2.79 bits per heavy atom. The van der Waals surface area contributed by atoms with Crippen LogP contribution in [0.3, 0.4) is 0 Å². The van der Waals surface area contributed by atoms with E-state index >= 15 is 4.39 Å².